The Hall–Kier alpha value is -5.90. The SMILES string of the molecule is CC(C)c1c(CC(=O)O)c2c(O)cccc2n1Cc1ccccc1O.CC(C)c1c(CC(=O)O)c2cc(O)ccc2n1Cc1ccccc1O. The van der Waals surface area contributed by atoms with Crippen LogP contribution in [0.15, 0.2) is 84.9 Å². The van der Waals surface area contributed by atoms with Crippen LogP contribution in [-0.4, -0.2) is 51.7 Å². The third-order valence-electron chi connectivity index (χ3n) is 8.80. The Morgan fingerprint density at radius 1 is 0.580 bits per heavy atom. The van der Waals surface area contributed by atoms with Crippen molar-refractivity contribution in [3.63, 3.8) is 0 Å². The molecular formula is C40H42N2O8. The summed E-state index contributed by atoms with van der Waals surface area (Å²) >= 11 is 0. The fourth-order valence-corrected chi connectivity index (χ4v) is 6.87. The molecule has 0 saturated carbocycles. The molecule has 0 atom stereocenters. The normalized spacial score (nSPS) is 11.3. The second kappa shape index (κ2) is 14.7. The van der Waals surface area contributed by atoms with E-state index in [1.807, 2.05) is 67.2 Å². The lowest BCUT2D eigenvalue weighted by molar-refractivity contribution is -0.137. The highest BCUT2D eigenvalue weighted by Gasteiger charge is 2.24. The van der Waals surface area contributed by atoms with Crippen molar-refractivity contribution >= 4 is 33.7 Å². The van der Waals surface area contributed by atoms with Crippen molar-refractivity contribution in [2.75, 3.05) is 0 Å². The molecule has 0 aliphatic heterocycles. The van der Waals surface area contributed by atoms with Gasteiger partial charge in [0.2, 0.25) is 0 Å². The van der Waals surface area contributed by atoms with Gasteiger partial charge in [0.1, 0.15) is 23.0 Å². The lowest BCUT2D eigenvalue weighted by atomic mass is 10.0. The number of phenolic OH excluding ortho intramolecular Hbond substituents is 4. The van der Waals surface area contributed by atoms with Gasteiger partial charge in [-0.25, -0.2) is 0 Å². The van der Waals surface area contributed by atoms with Crippen molar-refractivity contribution in [3.05, 3.63) is 119 Å². The van der Waals surface area contributed by atoms with E-state index in [1.165, 1.54) is 0 Å². The molecule has 0 aliphatic carbocycles. The highest BCUT2D eigenvalue weighted by molar-refractivity contribution is 5.94. The van der Waals surface area contributed by atoms with Crippen LogP contribution in [0, 0.1) is 0 Å². The molecule has 0 spiro atoms. The van der Waals surface area contributed by atoms with Crippen LogP contribution in [0.5, 0.6) is 23.0 Å². The summed E-state index contributed by atoms with van der Waals surface area (Å²) in [4.78, 5) is 22.8. The minimum absolute atomic E-state index is 0.0620. The largest absolute Gasteiger partial charge is 0.508 e. The molecule has 0 saturated heterocycles. The zero-order valence-corrected chi connectivity index (χ0v) is 28.5. The van der Waals surface area contributed by atoms with Crippen LogP contribution in [0.4, 0.5) is 0 Å². The summed E-state index contributed by atoms with van der Waals surface area (Å²) in [5.74, 6) is -1.11. The lowest BCUT2D eigenvalue weighted by Crippen LogP contribution is -2.09. The van der Waals surface area contributed by atoms with Gasteiger partial charge in [-0.3, -0.25) is 9.59 Å². The van der Waals surface area contributed by atoms with Gasteiger partial charge in [-0.2, -0.15) is 0 Å². The van der Waals surface area contributed by atoms with Gasteiger partial charge in [0.25, 0.3) is 0 Å². The second-order valence-electron chi connectivity index (χ2n) is 13.0. The maximum Gasteiger partial charge on any atom is 0.307 e. The fourth-order valence-electron chi connectivity index (χ4n) is 6.87. The van der Waals surface area contributed by atoms with E-state index in [0.29, 0.717) is 29.6 Å². The molecule has 10 nitrogen and oxygen atoms in total. The molecule has 0 radical (unpaired) electrons. The average Bonchev–Trinajstić information content (AvgIpc) is 3.51. The number of nitrogens with zero attached hydrogens (tertiary/aromatic N) is 2. The van der Waals surface area contributed by atoms with Gasteiger partial charge in [-0.15, -0.1) is 0 Å². The predicted octanol–water partition coefficient (Wildman–Crippen LogP) is 7.70. The molecule has 0 unspecified atom stereocenters. The van der Waals surface area contributed by atoms with Crippen molar-refractivity contribution < 1.29 is 40.2 Å². The number of rotatable bonds is 10. The molecule has 0 fully saturated rings. The Balaban J connectivity index is 0.000000194. The monoisotopic (exact) mass is 678 g/mol. The number of aliphatic carboxylic acids is 2. The van der Waals surface area contributed by atoms with Crippen LogP contribution in [0.2, 0.25) is 0 Å². The number of benzene rings is 4. The van der Waals surface area contributed by atoms with Crippen molar-refractivity contribution in [1.29, 1.82) is 0 Å². The molecule has 10 heteroatoms. The quantitative estimate of drug-likeness (QED) is 0.0858. The molecule has 6 aromatic rings. The molecule has 0 amide bonds. The maximum atomic E-state index is 11.4. The lowest BCUT2D eigenvalue weighted by Gasteiger charge is -2.16. The van der Waals surface area contributed by atoms with Crippen molar-refractivity contribution in [3.8, 4) is 23.0 Å². The fraction of sp³-hybridized carbons (Fsp3) is 0.250. The molecule has 6 rings (SSSR count). The number of carboxylic acid groups (broad SMARTS) is 2. The molecule has 2 aromatic heterocycles. The van der Waals surface area contributed by atoms with Crippen LogP contribution >= 0.6 is 0 Å². The number of hydrogen-bond acceptors (Lipinski definition) is 6. The molecule has 0 bridgehead atoms. The Morgan fingerprint density at radius 2 is 1.06 bits per heavy atom. The Kier molecular flexibility index (Phi) is 10.4. The number of carbonyl (C=O) groups is 2. The van der Waals surface area contributed by atoms with Gasteiger partial charge in [0.05, 0.1) is 31.4 Å². The highest BCUT2D eigenvalue weighted by atomic mass is 16.4. The van der Waals surface area contributed by atoms with E-state index in [9.17, 15) is 40.2 Å². The summed E-state index contributed by atoms with van der Waals surface area (Å²) < 4.78 is 4.03. The first-order chi connectivity index (χ1) is 23.8. The summed E-state index contributed by atoms with van der Waals surface area (Å²) in [6, 6.07) is 24.4. The summed E-state index contributed by atoms with van der Waals surface area (Å²) in [5.41, 5.74) is 6.23. The Bertz CT molecular complexity index is 2190. The molecule has 6 N–H and O–H groups in total. The Morgan fingerprint density at radius 3 is 1.58 bits per heavy atom. The van der Waals surface area contributed by atoms with E-state index in [0.717, 1.165) is 38.9 Å². The smallest absolute Gasteiger partial charge is 0.307 e. The van der Waals surface area contributed by atoms with Gasteiger partial charge in [-0.05, 0) is 65.4 Å². The standard InChI is InChI=1S/2C20H21NO4/c1-12(2)20-14(10-18(24)25)19-15(7-5-9-17(19)23)21(20)11-13-6-3-4-8-16(13)22;1-12(2)20-16(10-19(24)25)15-9-14(22)7-8-17(15)21(20)11-13-5-3-4-6-18(13)23/h2*3-9,12,22-23H,10-11H2,1-2H3,(H,24,25). The zero-order chi connectivity index (χ0) is 36.3. The van der Waals surface area contributed by atoms with Crippen LogP contribution in [0.3, 0.4) is 0 Å². The number of para-hydroxylation sites is 2. The van der Waals surface area contributed by atoms with E-state index >= 15 is 0 Å². The van der Waals surface area contributed by atoms with Crippen LogP contribution in [-0.2, 0) is 35.5 Å². The van der Waals surface area contributed by atoms with Gasteiger partial charge >= 0.3 is 11.9 Å². The van der Waals surface area contributed by atoms with E-state index in [2.05, 4.69) is 0 Å². The first kappa shape index (κ1) is 35.4. The number of hydrogen-bond donors (Lipinski definition) is 6. The molecule has 260 valence electrons. The first-order valence-corrected chi connectivity index (χ1v) is 16.4. The van der Waals surface area contributed by atoms with E-state index in [1.54, 1.807) is 54.6 Å². The minimum Gasteiger partial charge on any atom is -0.508 e. The van der Waals surface area contributed by atoms with Crippen LogP contribution in [0.25, 0.3) is 21.8 Å². The number of fused-ring (bicyclic) bond motifs is 2. The number of aromatic hydroxyl groups is 4. The molecule has 50 heavy (non-hydrogen) atoms. The summed E-state index contributed by atoms with van der Waals surface area (Å²) in [7, 11) is 0. The topological polar surface area (TPSA) is 165 Å². The number of aromatic nitrogens is 2. The zero-order valence-electron chi connectivity index (χ0n) is 28.5. The van der Waals surface area contributed by atoms with Gasteiger partial charge in [-0.1, -0.05) is 70.2 Å². The third-order valence-corrected chi connectivity index (χ3v) is 8.80. The highest BCUT2D eigenvalue weighted by Crippen LogP contribution is 2.38. The Labute approximate surface area is 289 Å². The van der Waals surface area contributed by atoms with E-state index < -0.39 is 11.9 Å². The summed E-state index contributed by atoms with van der Waals surface area (Å²) in [6.45, 7) is 8.86. The maximum absolute atomic E-state index is 11.4. The van der Waals surface area contributed by atoms with Crippen molar-refractivity contribution in [2.45, 2.75) is 65.5 Å². The molecule has 0 aliphatic rings. The average molecular weight is 679 g/mol. The van der Waals surface area contributed by atoms with E-state index in [-0.39, 0.29) is 47.7 Å². The van der Waals surface area contributed by atoms with Gasteiger partial charge < -0.3 is 39.8 Å². The van der Waals surface area contributed by atoms with Crippen LogP contribution < -0.4 is 0 Å². The predicted molar refractivity (Wildman–Crippen MR) is 192 cm³/mol. The van der Waals surface area contributed by atoms with Gasteiger partial charge in [0.15, 0.2) is 0 Å². The van der Waals surface area contributed by atoms with Crippen molar-refractivity contribution in [1.82, 2.24) is 9.13 Å². The summed E-state index contributed by atoms with van der Waals surface area (Å²) in [6.07, 6.45) is -0.267. The number of phenols is 4. The third kappa shape index (κ3) is 7.24. The molecule has 2 heterocycles. The minimum atomic E-state index is -0.938. The molecule has 4 aromatic carbocycles. The van der Waals surface area contributed by atoms with Crippen LogP contribution in [0.1, 0.15) is 73.2 Å². The van der Waals surface area contributed by atoms with Crippen molar-refractivity contribution in [2.24, 2.45) is 0 Å². The summed E-state index contributed by atoms with van der Waals surface area (Å²) in [5, 5.41) is 60.4. The molecular weight excluding hydrogens is 636 g/mol. The second-order valence-corrected chi connectivity index (χ2v) is 13.0. The first-order valence-electron chi connectivity index (χ1n) is 16.4. The number of carboxylic acids is 2. The van der Waals surface area contributed by atoms with E-state index in [4.69, 9.17) is 0 Å². The van der Waals surface area contributed by atoms with Gasteiger partial charge in [0, 0.05) is 38.8 Å².